The summed E-state index contributed by atoms with van der Waals surface area (Å²) in [4.78, 5) is 23.6. The third-order valence-electron chi connectivity index (χ3n) is 3.38. The van der Waals surface area contributed by atoms with E-state index < -0.39 is 11.8 Å². The Bertz CT molecular complexity index is 852. The summed E-state index contributed by atoms with van der Waals surface area (Å²) in [5.74, 6) is -0.760. The zero-order valence-electron chi connectivity index (χ0n) is 14.2. The Morgan fingerprint density at radius 3 is 2.69 bits per heavy atom. The van der Waals surface area contributed by atoms with E-state index in [2.05, 4.69) is 15.8 Å². The molecule has 2 amide bonds. The monoisotopic (exact) mass is 375 g/mol. The number of aromatic hydroxyl groups is 1. The minimum absolute atomic E-state index is 0.00145. The van der Waals surface area contributed by atoms with E-state index in [-0.39, 0.29) is 17.9 Å². The summed E-state index contributed by atoms with van der Waals surface area (Å²) in [6, 6.07) is 9.69. The number of methoxy groups -OCH3 is 1. The van der Waals surface area contributed by atoms with Crippen LogP contribution in [-0.4, -0.2) is 30.2 Å². The number of nitrogens with zero attached hydrogens (tertiary/aromatic N) is 1. The molecule has 0 unspecified atom stereocenters. The number of hydrogen-bond donors (Lipinski definition) is 3. The van der Waals surface area contributed by atoms with Gasteiger partial charge in [-0.25, -0.2) is 5.43 Å². The molecule has 2 aromatic carbocycles. The van der Waals surface area contributed by atoms with Crippen LogP contribution in [0.4, 0.5) is 5.69 Å². The molecule has 8 heteroatoms. The third-order valence-corrected chi connectivity index (χ3v) is 3.79. The van der Waals surface area contributed by atoms with Crippen molar-refractivity contribution >= 4 is 35.3 Å². The fraction of sp³-hybridized carbons (Fsp3) is 0.167. The molecule has 0 spiro atoms. The molecule has 0 heterocycles. The number of halogens is 1. The topological polar surface area (TPSA) is 100 Å². The molecule has 0 aliphatic carbocycles. The van der Waals surface area contributed by atoms with Crippen molar-refractivity contribution in [3.63, 3.8) is 0 Å². The lowest BCUT2D eigenvalue weighted by Gasteiger charge is -2.06. The average molecular weight is 376 g/mol. The maximum Gasteiger partial charge on any atom is 0.249 e. The first-order valence-electron chi connectivity index (χ1n) is 7.64. The highest BCUT2D eigenvalue weighted by molar-refractivity contribution is 6.31. The maximum absolute atomic E-state index is 11.9. The summed E-state index contributed by atoms with van der Waals surface area (Å²) in [6.45, 7) is 1.85. The normalized spacial score (nSPS) is 10.6. The summed E-state index contributed by atoms with van der Waals surface area (Å²) < 4.78 is 4.98. The molecule has 3 N–H and O–H groups in total. The van der Waals surface area contributed by atoms with Crippen LogP contribution in [0.15, 0.2) is 41.5 Å². The second-order valence-electron chi connectivity index (χ2n) is 5.41. The first-order valence-corrected chi connectivity index (χ1v) is 8.01. The van der Waals surface area contributed by atoms with Crippen molar-refractivity contribution in [3.8, 4) is 11.5 Å². The molecular formula is C18H18ClN3O4. The minimum Gasteiger partial charge on any atom is -0.504 e. The minimum atomic E-state index is -0.567. The fourth-order valence-electron chi connectivity index (χ4n) is 2.01. The molecule has 0 saturated heterocycles. The number of hydrogen-bond acceptors (Lipinski definition) is 5. The lowest BCUT2D eigenvalue weighted by atomic mass is 10.2. The van der Waals surface area contributed by atoms with Crippen molar-refractivity contribution in [3.05, 3.63) is 52.5 Å². The van der Waals surface area contributed by atoms with Crippen molar-refractivity contribution in [2.24, 2.45) is 5.10 Å². The summed E-state index contributed by atoms with van der Waals surface area (Å²) in [5, 5.41) is 16.4. The van der Waals surface area contributed by atoms with Gasteiger partial charge in [-0.05, 0) is 48.4 Å². The molecule has 26 heavy (non-hydrogen) atoms. The van der Waals surface area contributed by atoms with Gasteiger partial charge in [0.05, 0.1) is 13.3 Å². The second kappa shape index (κ2) is 8.87. The van der Waals surface area contributed by atoms with Crippen LogP contribution in [0.5, 0.6) is 11.5 Å². The number of nitrogens with one attached hydrogen (secondary N) is 2. The Morgan fingerprint density at radius 1 is 1.23 bits per heavy atom. The lowest BCUT2D eigenvalue weighted by molar-refractivity contribution is -0.126. The van der Waals surface area contributed by atoms with E-state index in [4.69, 9.17) is 16.3 Å². The smallest absolute Gasteiger partial charge is 0.249 e. The predicted molar refractivity (Wildman–Crippen MR) is 99.8 cm³/mol. The molecule has 0 saturated carbocycles. The van der Waals surface area contributed by atoms with Crippen LogP contribution >= 0.6 is 11.6 Å². The van der Waals surface area contributed by atoms with Crippen LogP contribution in [0.25, 0.3) is 0 Å². The number of rotatable bonds is 6. The summed E-state index contributed by atoms with van der Waals surface area (Å²) in [6.07, 6.45) is 0.985. The zero-order valence-corrected chi connectivity index (χ0v) is 15.0. The van der Waals surface area contributed by atoms with Crippen LogP contribution in [0.2, 0.25) is 5.02 Å². The van der Waals surface area contributed by atoms with Crippen LogP contribution in [-0.2, 0) is 9.59 Å². The van der Waals surface area contributed by atoms with E-state index in [0.717, 1.165) is 5.56 Å². The molecule has 0 aliphatic rings. The zero-order chi connectivity index (χ0) is 19.1. The molecule has 0 aromatic heterocycles. The number of benzene rings is 2. The van der Waals surface area contributed by atoms with Gasteiger partial charge in [-0.1, -0.05) is 17.7 Å². The predicted octanol–water partition coefficient (Wildman–Crippen LogP) is 2.84. The molecule has 0 atom stereocenters. The van der Waals surface area contributed by atoms with Gasteiger partial charge in [-0.3, -0.25) is 9.59 Å². The van der Waals surface area contributed by atoms with E-state index in [1.165, 1.54) is 19.4 Å². The van der Waals surface area contributed by atoms with Gasteiger partial charge in [-0.15, -0.1) is 0 Å². The molecule has 136 valence electrons. The van der Waals surface area contributed by atoms with Gasteiger partial charge in [0.25, 0.3) is 0 Å². The van der Waals surface area contributed by atoms with Crippen LogP contribution in [0.1, 0.15) is 17.5 Å². The molecule has 0 radical (unpaired) electrons. The van der Waals surface area contributed by atoms with Gasteiger partial charge < -0.3 is 15.2 Å². The Balaban J connectivity index is 1.86. The number of amides is 2. The van der Waals surface area contributed by atoms with Crippen molar-refractivity contribution < 1.29 is 19.4 Å². The highest BCUT2D eigenvalue weighted by Crippen LogP contribution is 2.25. The van der Waals surface area contributed by atoms with Crippen molar-refractivity contribution in [1.82, 2.24) is 5.43 Å². The van der Waals surface area contributed by atoms with Crippen LogP contribution in [0, 0.1) is 6.92 Å². The van der Waals surface area contributed by atoms with E-state index in [0.29, 0.717) is 16.3 Å². The molecule has 7 nitrogen and oxygen atoms in total. The average Bonchev–Trinajstić information content (AvgIpc) is 2.59. The Labute approximate surface area is 155 Å². The van der Waals surface area contributed by atoms with E-state index in [9.17, 15) is 14.7 Å². The number of aryl methyl sites for hydroxylation is 1. The molecule has 0 fully saturated rings. The fourth-order valence-corrected chi connectivity index (χ4v) is 2.20. The van der Waals surface area contributed by atoms with E-state index in [1.807, 2.05) is 6.92 Å². The van der Waals surface area contributed by atoms with Gasteiger partial charge in [0.15, 0.2) is 11.5 Å². The molecule has 2 rings (SSSR count). The third kappa shape index (κ3) is 5.49. The quantitative estimate of drug-likeness (QED) is 0.410. The first kappa shape index (κ1) is 19.3. The van der Waals surface area contributed by atoms with Crippen molar-refractivity contribution in [2.45, 2.75) is 13.3 Å². The Hall–Kier alpha value is -3.06. The van der Waals surface area contributed by atoms with Crippen molar-refractivity contribution in [2.75, 3.05) is 12.4 Å². The SMILES string of the molecule is COc1cc(C=NNC(=O)CC(=O)Nc2ccc(C)c(Cl)c2)ccc1O. The highest BCUT2D eigenvalue weighted by Gasteiger charge is 2.09. The summed E-state index contributed by atoms with van der Waals surface area (Å²) in [7, 11) is 1.43. The van der Waals surface area contributed by atoms with Gasteiger partial charge in [0, 0.05) is 10.7 Å². The highest BCUT2D eigenvalue weighted by atomic mass is 35.5. The Morgan fingerprint density at radius 2 is 2.00 bits per heavy atom. The van der Waals surface area contributed by atoms with Gasteiger partial charge >= 0.3 is 0 Å². The summed E-state index contributed by atoms with van der Waals surface area (Å²) in [5.41, 5.74) is 4.27. The molecule has 0 bridgehead atoms. The number of phenols is 1. The lowest BCUT2D eigenvalue weighted by Crippen LogP contribution is -2.24. The van der Waals surface area contributed by atoms with Crippen molar-refractivity contribution in [1.29, 1.82) is 0 Å². The largest absolute Gasteiger partial charge is 0.504 e. The number of carbonyl (C=O) groups is 2. The van der Waals surface area contributed by atoms with Gasteiger partial charge in [0.2, 0.25) is 11.8 Å². The molecule has 0 aliphatic heterocycles. The van der Waals surface area contributed by atoms with Crippen LogP contribution in [0.3, 0.4) is 0 Å². The van der Waals surface area contributed by atoms with E-state index in [1.54, 1.807) is 30.3 Å². The number of ether oxygens (including phenoxy) is 1. The van der Waals surface area contributed by atoms with Gasteiger partial charge in [-0.2, -0.15) is 5.10 Å². The molecule has 2 aromatic rings. The van der Waals surface area contributed by atoms with E-state index >= 15 is 0 Å². The number of hydrazone groups is 1. The molecular weight excluding hydrogens is 358 g/mol. The number of carbonyl (C=O) groups excluding carboxylic acids is 2. The Kier molecular flexibility index (Phi) is 6.57. The number of phenolic OH excluding ortho intramolecular Hbond substituents is 1. The first-order chi connectivity index (χ1) is 12.4. The van der Waals surface area contributed by atoms with Crippen LogP contribution < -0.4 is 15.5 Å². The van der Waals surface area contributed by atoms with Gasteiger partial charge in [0.1, 0.15) is 6.42 Å². The standard InChI is InChI=1S/C18H18ClN3O4/c1-11-3-5-13(8-14(11)19)21-17(24)9-18(25)22-20-10-12-4-6-15(23)16(7-12)26-2/h3-8,10,23H,9H2,1-2H3,(H,21,24)(H,22,25). The maximum atomic E-state index is 11.9. The second-order valence-corrected chi connectivity index (χ2v) is 5.82. The number of anilines is 1. The summed E-state index contributed by atoms with van der Waals surface area (Å²) >= 11 is 5.99.